The summed E-state index contributed by atoms with van der Waals surface area (Å²) in [5, 5.41) is 8.20. The molecule has 108 valence electrons. The molecule has 0 spiro atoms. The topological polar surface area (TPSA) is 59.3 Å². The van der Waals surface area contributed by atoms with Gasteiger partial charge in [-0.25, -0.2) is 4.98 Å². The van der Waals surface area contributed by atoms with Crippen molar-refractivity contribution in [3.63, 3.8) is 0 Å². The molecule has 0 aliphatic heterocycles. The van der Waals surface area contributed by atoms with Gasteiger partial charge in [0.2, 0.25) is 10.1 Å². The molecule has 3 rings (SSSR count). The molecule has 0 atom stereocenters. The molecule has 0 aliphatic rings. The number of aryl methyl sites for hydroxylation is 1. The third-order valence-corrected chi connectivity index (χ3v) is 4.64. The largest absolute Gasteiger partial charge is 0.359 e. The van der Waals surface area contributed by atoms with Crippen LogP contribution in [0.5, 0.6) is 0 Å². The summed E-state index contributed by atoms with van der Waals surface area (Å²) in [6.07, 6.45) is 0. The first-order valence-electron chi connectivity index (χ1n) is 6.51. The van der Waals surface area contributed by atoms with Crippen molar-refractivity contribution in [2.75, 3.05) is 17.6 Å². The molecule has 2 heterocycles. The van der Waals surface area contributed by atoms with Gasteiger partial charge in [-0.3, -0.25) is 4.79 Å². The molecule has 0 amide bonds. The van der Waals surface area contributed by atoms with E-state index in [2.05, 4.69) is 27.5 Å². The summed E-state index contributed by atoms with van der Waals surface area (Å²) >= 11 is 3.17. The number of thioether (sulfide) groups is 1. The van der Waals surface area contributed by atoms with Gasteiger partial charge in [-0.15, -0.1) is 16.9 Å². The molecular formula is C14H14N4OS2. The summed E-state index contributed by atoms with van der Waals surface area (Å²) in [7, 11) is 0. The first kappa shape index (κ1) is 14.1. The Balaban J connectivity index is 1.61. The molecule has 1 N–H and O–H groups in total. The van der Waals surface area contributed by atoms with Crippen LogP contribution in [0, 0.1) is 6.92 Å². The lowest BCUT2D eigenvalue weighted by Gasteiger charge is -2.02. The van der Waals surface area contributed by atoms with E-state index in [0.29, 0.717) is 4.96 Å². The number of aromatic nitrogens is 3. The Morgan fingerprint density at radius 3 is 2.95 bits per heavy atom. The molecule has 21 heavy (non-hydrogen) atoms. The van der Waals surface area contributed by atoms with Gasteiger partial charge >= 0.3 is 0 Å². The number of anilines is 1. The molecule has 0 radical (unpaired) electrons. The molecule has 1 aromatic carbocycles. The summed E-state index contributed by atoms with van der Waals surface area (Å²) in [5.41, 5.74) is 0.579. The van der Waals surface area contributed by atoms with E-state index < -0.39 is 0 Å². The van der Waals surface area contributed by atoms with Crippen molar-refractivity contribution >= 4 is 33.2 Å². The van der Waals surface area contributed by atoms with Crippen molar-refractivity contribution in [1.29, 1.82) is 0 Å². The zero-order valence-corrected chi connectivity index (χ0v) is 13.1. The number of benzene rings is 1. The maximum absolute atomic E-state index is 11.8. The van der Waals surface area contributed by atoms with Crippen LogP contribution in [0.1, 0.15) is 5.69 Å². The van der Waals surface area contributed by atoms with Gasteiger partial charge < -0.3 is 5.32 Å². The average Bonchev–Trinajstić information content (AvgIpc) is 2.88. The Kier molecular flexibility index (Phi) is 4.21. The van der Waals surface area contributed by atoms with E-state index in [0.717, 1.165) is 23.1 Å². The predicted molar refractivity (Wildman–Crippen MR) is 87.5 cm³/mol. The lowest BCUT2D eigenvalue weighted by Crippen LogP contribution is -2.14. The fourth-order valence-corrected chi connectivity index (χ4v) is 3.50. The fraction of sp³-hybridized carbons (Fsp3) is 0.214. The van der Waals surface area contributed by atoms with Gasteiger partial charge in [0.25, 0.3) is 5.56 Å². The van der Waals surface area contributed by atoms with Crippen LogP contribution < -0.4 is 10.9 Å². The second-order valence-corrected chi connectivity index (χ2v) is 6.55. The van der Waals surface area contributed by atoms with Gasteiger partial charge in [0.1, 0.15) is 0 Å². The highest BCUT2D eigenvalue weighted by molar-refractivity contribution is 7.99. The second kappa shape index (κ2) is 6.28. The van der Waals surface area contributed by atoms with Crippen LogP contribution in [-0.4, -0.2) is 26.9 Å². The minimum absolute atomic E-state index is 0.138. The van der Waals surface area contributed by atoms with Crippen LogP contribution in [0.15, 0.2) is 46.1 Å². The fourth-order valence-electron chi connectivity index (χ4n) is 1.84. The highest BCUT2D eigenvalue weighted by Crippen LogP contribution is 2.19. The number of hydrogen-bond acceptors (Lipinski definition) is 6. The zero-order chi connectivity index (χ0) is 14.7. The summed E-state index contributed by atoms with van der Waals surface area (Å²) < 4.78 is 1.34. The zero-order valence-electron chi connectivity index (χ0n) is 11.4. The van der Waals surface area contributed by atoms with E-state index in [9.17, 15) is 4.79 Å². The number of rotatable bonds is 5. The van der Waals surface area contributed by atoms with Crippen molar-refractivity contribution in [3.05, 3.63) is 52.4 Å². The van der Waals surface area contributed by atoms with Gasteiger partial charge in [0.15, 0.2) is 0 Å². The van der Waals surface area contributed by atoms with Crippen molar-refractivity contribution in [1.82, 2.24) is 14.6 Å². The standard InChI is InChI=1S/C14H14N4OS2/c1-10-9-12(19)18-14(16-10)21-13(17-18)15-7-8-20-11-5-3-2-4-6-11/h2-6,9H,7-8H2,1H3,(H,15,17). The first-order valence-corrected chi connectivity index (χ1v) is 8.32. The van der Waals surface area contributed by atoms with Crippen molar-refractivity contribution in [2.45, 2.75) is 11.8 Å². The van der Waals surface area contributed by atoms with E-state index in [-0.39, 0.29) is 5.56 Å². The number of hydrogen-bond donors (Lipinski definition) is 1. The van der Waals surface area contributed by atoms with E-state index in [1.807, 2.05) is 25.1 Å². The van der Waals surface area contributed by atoms with Crippen LogP contribution in [0.4, 0.5) is 5.13 Å². The Hall–Kier alpha value is -1.86. The van der Waals surface area contributed by atoms with Crippen LogP contribution in [0.25, 0.3) is 4.96 Å². The summed E-state index contributed by atoms with van der Waals surface area (Å²) in [6, 6.07) is 11.7. The van der Waals surface area contributed by atoms with Crippen LogP contribution in [-0.2, 0) is 0 Å². The molecule has 0 fully saturated rings. The van der Waals surface area contributed by atoms with Gasteiger partial charge in [0.05, 0.1) is 0 Å². The molecule has 3 aromatic rings. The first-order chi connectivity index (χ1) is 10.2. The van der Waals surface area contributed by atoms with Gasteiger partial charge in [-0.1, -0.05) is 29.5 Å². The van der Waals surface area contributed by atoms with Crippen molar-refractivity contribution < 1.29 is 0 Å². The van der Waals surface area contributed by atoms with Crippen molar-refractivity contribution in [2.24, 2.45) is 0 Å². The molecule has 0 saturated heterocycles. The number of fused-ring (bicyclic) bond motifs is 1. The quantitative estimate of drug-likeness (QED) is 0.579. The van der Waals surface area contributed by atoms with Crippen molar-refractivity contribution in [3.8, 4) is 0 Å². The summed E-state index contributed by atoms with van der Waals surface area (Å²) in [5.74, 6) is 0.932. The number of nitrogens with zero attached hydrogens (tertiary/aromatic N) is 3. The maximum Gasteiger partial charge on any atom is 0.275 e. The highest BCUT2D eigenvalue weighted by Gasteiger charge is 2.06. The average molecular weight is 318 g/mol. The monoisotopic (exact) mass is 318 g/mol. The highest BCUT2D eigenvalue weighted by atomic mass is 32.2. The predicted octanol–water partition coefficient (Wildman–Crippen LogP) is 2.66. The minimum Gasteiger partial charge on any atom is -0.359 e. The minimum atomic E-state index is -0.138. The lowest BCUT2D eigenvalue weighted by atomic mass is 10.4. The normalized spacial score (nSPS) is 10.9. The third kappa shape index (κ3) is 3.43. The molecule has 0 bridgehead atoms. The smallest absolute Gasteiger partial charge is 0.275 e. The third-order valence-electron chi connectivity index (χ3n) is 2.76. The van der Waals surface area contributed by atoms with Crippen LogP contribution in [0.3, 0.4) is 0 Å². The van der Waals surface area contributed by atoms with Crippen LogP contribution >= 0.6 is 23.1 Å². The van der Waals surface area contributed by atoms with Gasteiger partial charge in [0, 0.05) is 29.0 Å². The lowest BCUT2D eigenvalue weighted by molar-refractivity contribution is 0.889. The molecule has 7 heteroatoms. The summed E-state index contributed by atoms with van der Waals surface area (Å²) in [4.78, 5) is 17.9. The van der Waals surface area contributed by atoms with E-state index in [4.69, 9.17) is 0 Å². The Labute approximate surface area is 130 Å². The number of nitrogens with one attached hydrogen (secondary N) is 1. The van der Waals surface area contributed by atoms with Crippen LogP contribution in [0.2, 0.25) is 0 Å². The molecular weight excluding hydrogens is 304 g/mol. The maximum atomic E-state index is 11.8. The molecule has 0 aliphatic carbocycles. The molecule has 2 aromatic heterocycles. The van der Waals surface area contributed by atoms with Gasteiger partial charge in [-0.2, -0.15) is 4.52 Å². The second-order valence-electron chi connectivity index (χ2n) is 4.43. The van der Waals surface area contributed by atoms with E-state index in [1.54, 1.807) is 11.8 Å². The Bertz CT molecular complexity index is 798. The Morgan fingerprint density at radius 2 is 2.14 bits per heavy atom. The van der Waals surface area contributed by atoms with Gasteiger partial charge in [-0.05, 0) is 19.1 Å². The molecule has 5 nitrogen and oxygen atoms in total. The summed E-state index contributed by atoms with van der Waals surface area (Å²) in [6.45, 7) is 2.60. The Morgan fingerprint density at radius 1 is 1.33 bits per heavy atom. The molecule has 0 unspecified atom stereocenters. The molecule has 0 saturated carbocycles. The van der Waals surface area contributed by atoms with E-state index >= 15 is 0 Å². The van der Waals surface area contributed by atoms with E-state index in [1.165, 1.54) is 26.8 Å². The SMILES string of the molecule is Cc1cc(=O)n2nc(NCCSc3ccccc3)sc2n1.